The van der Waals surface area contributed by atoms with Crippen LogP contribution in [0.25, 0.3) is 6.08 Å². The second-order valence-electron chi connectivity index (χ2n) is 5.47. The fourth-order valence-electron chi connectivity index (χ4n) is 1.58. The fraction of sp³-hybridized carbons (Fsp3) is 0.467. The molecule has 0 bridgehead atoms. The van der Waals surface area contributed by atoms with Crippen molar-refractivity contribution in [2.24, 2.45) is 0 Å². The molecule has 0 aliphatic carbocycles. The van der Waals surface area contributed by atoms with Crippen LogP contribution < -0.4 is 0 Å². The van der Waals surface area contributed by atoms with E-state index in [1.54, 1.807) is 0 Å². The molecular weight excluding hydrogens is 194 g/mol. The number of benzene rings is 1. The van der Waals surface area contributed by atoms with Crippen molar-refractivity contribution in [1.29, 1.82) is 0 Å². The highest BCUT2D eigenvalue weighted by atomic mass is 15.3. The molecule has 0 atom stereocenters. The van der Waals surface area contributed by atoms with Crippen LogP contribution in [0.1, 0.15) is 24.0 Å². The molecule has 1 aromatic rings. The van der Waals surface area contributed by atoms with Gasteiger partial charge in [0.05, 0.1) is 27.7 Å². The highest BCUT2D eigenvalue weighted by Crippen LogP contribution is 2.06. The minimum Gasteiger partial charge on any atom is -0.331 e. The second-order valence-corrected chi connectivity index (χ2v) is 5.47. The molecular formula is C15H24N+. The molecule has 1 rings (SSSR count). The van der Waals surface area contributed by atoms with Crippen molar-refractivity contribution in [2.45, 2.75) is 19.8 Å². The maximum absolute atomic E-state index is 2.28. The highest BCUT2D eigenvalue weighted by Gasteiger charge is 2.03. The SMILES string of the molecule is Cc1ccc(/C=C/CCC[N+](C)(C)C)cc1. The molecule has 16 heavy (non-hydrogen) atoms. The maximum atomic E-state index is 2.28. The zero-order chi connectivity index (χ0) is 12.0. The van der Waals surface area contributed by atoms with E-state index in [0.29, 0.717) is 0 Å². The quantitative estimate of drug-likeness (QED) is 0.524. The van der Waals surface area contributed by atoms with Crippen molar-refractivity contribution in [3.63, 3.8) is 0 Å². The molecule has 0 unspecified atom stereocenters. The standard InChI is InChI=1S/C15H24N/c1-14-9-11-15(12-10-14)8-6-5-7-13-16(2,3)4/h6,8-12H,5,7,13H2,1-4H3/q+1/b8-6+. The summed E-state index contributed by atoms with van der Waals surface area (Å²) in [5, 5.41) is 0. The minimum absolute atomic E-state index is 1.05. The van der Waals surface area contributed by atoms with Gasteiger partial charge in [0, 0.05) is 0 Å². The first-order valence-corrected chi connectivity index (χ1v) is 6.01. The second kappa shape index (κ2) is 5.86. The molecule has 0 aliphatic heterocycles. The van der Waals surface area contributed by atoms with Gasteiger partial charge in [-0.1, -0.05) is 42.0 Å². The number of rotatable bonds is 5. The van der Waals surface area contributed by atoms with E-state index < -0.39 is 0 Å². The highest BCUT2D eigenvalue weighted by molar-refractivity contribution is 5.49. The Morgan fingerprint density at radius 1 is 1.06 bits per heavy atom. The van der Waals surface area contributed by atoms with Crippen LogP contribution in [-0.2, 0) is 0 Å². The Labute approximate surface area is 100.0 Å². The molecule has 88 valence electrons. The summed E-state index contributed by atoms with van der Waals surface area (Å²) in [6.07, 6.45) is 6.92. The largest absolute Gasteiger partial charge is 0.331 e. The zero-order valence-electron chi connectivity index (χ0n) is 11.0. The van der Waals surface area contributed by atoms with Crippen LogP contribution in [0.5, 0.6) is 0 Å². The van der Waals surface area contributed by atoms with Crippen LogP contribution in [0.15, 0.2) is 30.3 Å². The van der Waals surface area contributed by atoms with E-state index in [9.17, 15) is 0 Å². The van der Waals surface area contributed by atoms with E-state index >= 15 is 0 Å². The Balaban J connectivity index is 2.30. The Morgan fingerprint density at radius 2 is 1.69 bits per heavy atom. The van der Waals surface area contributed by atoms with E-state index in [2.05, 4.69) is 64.5 Å². The third kappa shape index (κ3) is 5.72. The summed E-state index contributed by atoms with van der Waals surface area (Å²) in [5.74, 6) is 0. The third-order valence-electron chi connectivity index (χ3n) is 2.59. The van der Waals surface area contributed by atoms with E-state index in [1.807, 2.05) is 0 Å². The lowest BCUT2D eigenvalue weighted by Crippen LogP contribution is -2.35. The first-order chi connectivity index (χ1) is 7.47. The smallest absolute Gasteiger partial charge is 0.0783 e. The van der Waals surface area contributed by atoms with Crippen LogP contribution in [0, 0.1) is 6.92 Å². The molecule has 0 aromatic heterocycles. The number of hydrogen-bond donors (Lipinski definition) is 0. The summed E-state index contributed by atoms with van der Waals surface area (Å²) in [6, 6.07) is 8.66. The molecule has 1 nitrogen and oxygen atoms in total. The summed E-state index contributed by atoms with van der Waals surface area (Å²) >= 11 is 0. The van der Waals surface area contributed by atoms with Gasteiger partial charge in [-0.15, -0.1) is 0 Å². The summed E-state index contributed by atoms with van der Waals surface area (Å²) in [6.45, 7) is 3.35. The number of hydrogen-bond acceptors (Lipinski definition) is 0. The van der Waals surface area contributed by atoms with Gasteiger partial charge in [-0.3, -0.25) is 0 Å². The Kier molecular flexibility index (Phi) is 4.75. The van der Waals surface area contributed by atoms with Gasteiger partial charge in [-0.05, 0) is 25.3 Å². The number of unbranched alkanes of at least 4 members (excludes halogenated alkanes) is 1. The molecule has 0 amide bonds. The molecule has 0 radical (unpaired) electrons. The predicted molar refractivity (Wildman–Crippen MR) is 72.3 cm³/mol. The molecule has 1 aromatic carbocycles. The van der Waals surface area contributed by atoms with Gasteiger partial charge in [0.15, 0.2) is 0 Å². The molecule has 1 heteroatoms. The first-order valence-electron chi connectivity index (χ1n) is 6.01. The molecule has 0 spiro atoms. The Bertz CT molecular complexity index is 327. The zero-order valence-corrected chi connectivity index (χ0v) is 11.0. The maximum Gasteiger partial charge on any atom is 0.0783 e. The molecule has 0 heterocycles. The van der Waals surface area contributed by atoms with E-state index in [0.717, 1.165) is 4.48 Å². The van der Waals surface area contributed by atoms with Crippen molar-refractivity contribution in [1.82, 2.24) is 0 Å². The van der Waals surface area contributed by atoms with Gasteiger partial charge >= 0.3 is 0 Å². The monoisotopic (exact) mass is 218 g/mol. The van der Waals surface area contributed by atoms with Gasteiger partial charge in [0.2, 0.25) is 0 Å². The lowest BCUT2D eigenvalue weighted by molar-refractivity contribution is -0.870. The van der Waals surface area contributed by atoms with E-state index in [-0.39, 0.29) is 0 Å². The summed E-state index contributed by atoms with van der Waals surface area (Å²) in [4.78, 5) is 0. The van der Waals surface area contributed by atoms with E-state index in [1.165, 1.54) is 30.5 Å². The van der Waals surface area contributed by atoms with Crippen molar-refractivity contribution in [3.05, 3.63) is 41.5 Å². The summed E-state index contributed by atoms with van der Waals surface area (Å²) < 4.78 is 1.05. The van der Waals surface area contributed by atoms with Crippen molar-refractivity contribution >= 4 is 6.08 Å². The van der Waals surface area contributed by atoms with Gasteiger partial charge < -0.3 is 4.48 Å². The van der Waals surface area contributed by atoms with Crippen LogP contribution in [0.4, 0.5) is 0 Å². The number of aryl methyl sites for hydroxylation is 1. The summed E-state index contributed by atoms with van der Waals surface area (Å²) in [5.41, 5.74) is 2.62. The first kappa shape index (κ1) is 13.0. The molecule has 0 saturated carbocycles. The van der Waals surface area contributed by atoms with Gasteiger partial charge in [0.25, 0.3) is 0 Å². The number of quaternary nitrogens is 1. The Hall–Kier alpha value is -1.08. The molecule has 0 N–H and O–H groups in total. The minimum atomic E-state index is 1.05. The normalized spacial score (nSPS) is 12.2. The van der Waals surface area contributed by atoms with Crippen molar-refractivity contribution in [2.75, 3.05) is 27.7 Å². The predicted octanol–water partition coefficient (Wildman–Crippen LogP) is 3.49. The third-order valence-corrected chi connectivity index (χ3v) is 2.59. The molecule has 0 fully saturated rings. The summed E-state index contributed by atoms with van der Waals surface area (Å²) in [7, 11) is 6.72. The topological polar surface area (TPSA) is 0 Å². The average molecular weight is 218 g/mol. The van der Waals surface area contributed by atoms with E-state index in [4.69, 9.17) is 0 Å². The number of allylic oxidation sites excluding steroid dienone is 1. The molecule has 0 aliphatic rings. The van der Waals surface area contributed by atoms with Crippen molar-refractivity contribution < 1.29 is 4.48 Å². The van der Waals surface area contributed by atoms with Gasteiger partial charge in [-0.2, -0.15) is 0 Å². The van der Waals surface area contributed by atoms with Gasteiger partial charge in [-0.25, -0.2) is 0 Å². The average Bonchev–Trinajstić information content (AvgIpc) is 2.19. The lowest BCUT2D eigenvalue weighted by atomic mass is 10.1. The van der Waals surface area contributed by atoms with Crippen LogP contribution in [0.2, 0.25) is 0 Å². The van der Waals surface area contributed by atoms with Crippen LogP contribution >= 0.6 is 0 Å². The Morgan fingerprint density at radius 3 is 2.25 bits per heavy atom. The van der Waals surface area contributed by atoms with Crippen LogP contribution in [0.3, 0.4) is 0 Å². The number of nitrogens with zero attached hydrogens (tertiary/aromatic N) is 1. The lowest BCUT2D eigenvalue weighted by Gasteiger charge is -2.23. The molecule has 0 saturated heterocycles. The van der Waals surface area contributed by atoms with Gasteiger partial charge in [0.1, 0.15) is 0 Å². The van der Waals surface area contributed by atoms with Crippen LogP contribution in [-0.4, -0.2) is 32.2 Å². The fourth-order valence-corrected chi connectivity index (χ4v) is 1.58. The van der Waals surface area contributed by atoms with Crippen molar-refractivity contribution in [3.8, 4) is 0 Å².